The molecule has 0 bridgehead atoms. The topological polar surface area (TPSA) is 74.8 Å². The van der Waals surface area contributed by atoms with E-state index in [2.05, 4.69) is 4.90 Å². The Bertz CT molecular complexity index is 1030. The van der Waals surface area contributed by atoms with E-state index in [4.69, 9.17) is 0 Å². The second kappa shape index (κ2) is 9.32. The minimum atomic E-state index is -2.90. The van der Waals surface area contributed by atoms with Crippen molar-refractivity contribution in [1.29, 1.82) is 0 Å². The van der Waals surface area contributed by atoms with Crippen molar-refractivity contribution in [3.63, 3.8) is 0 Å². The van der Waals surface area contributed by atoms with Gasteiger partial charge in [-0.15, -0.1) is 0 Å². The maximum atomic E-state index is 12.6. The average Bonchev–Trinajstić information content (AvgIpc) is 3.17. The zero-order valence-electron chi connectivity index (χ0n) is 17.6. The lowest BCUT2D eigenvalue weighted by atomic mass is 10.0. The molecule has 2 aromatic carbocycles. The van der Waals surface area contributed by atoms with E-state index < -0.39 is 9.84 Å². The Hall–Kier alpha value is -2.51. The van der Waals surface area contributed by atoms with Crippen LogP contribution in [0.15, 0.2) is 54.6 Å². The normalized spacial score (nSPS) is 21.2. The molecular formula is C24H28N2O4S. The first kappa shape index (κ1) is 21.7. The Morgan fingerprint density at radius 3 is 2.10 bits per heavy atom. The van der Waals surface area contributed by atoms with Gasteiger partial charge in [-0.25, -0.2) is 8.42 Å². The predicted molar refractivity (Wildman–Crippen MR) is 121 cm³/mol. The molecule has 2 aromatic rings. The Labute approximate surface area is 183 Å². The molecule has 1 amide bonds. The molecule has 2 fully saturated rings. The third kappa shape index (κ3) is 5.40. The van der Waals surface area contributed by atoms with Crippen LogP contribution in [0.2, 0.25) is 0 Å². The molecule has 1 atom stereocenters. The first-order valence-corrected chi connectivity index (χ1v) is 12.6. The molecule has 0 aromatic heterocycles. The van der Waals surface area contributed by atoms with Crippen molar-refractivity contribution in [2.75, 3.05) is 37.7 Å². The highest BCUT2D eigenvalue weighted by atomic mass is 32.2. The fraction of sp³-hybridized carbons (Fsp3) is 0.417. The van der Waals surface area contributed by atoms with Crippen LogP contribution in [0.4, 0.5) is 0 Å². The number of benzene rings is 2. The van der Waals surface area contributed by atoms with Gasteiger partial charge < -0.3 is 4.90 Å². The van der Waals surface area contributed by atoms with E-state index in [9.17, 15) is 18.0 Å². The molecule has 0 saturated carbocycles. The van der Waals surface area contributed by atoms with E-state index in [0.29, 0.717) is 38.2 Å². The van der Waals surface area contributed by atoms with Gasteiger partial charge in [-0.1, -0.05) is 54.6 Å². The molecule has 0 radical (unpaired) electrons. The minimum absolute atomic E-state index is 0.00653. The summed E-state index contributed by atoms with van der Waals surface area (Å²) in [6.07, 6.45) is 1.09. The molecule has 4 rings (SSSR count). The number of Topliss-reactive ketones (excluding diaryl/α,β-unsaturated/α-hetero) is 1. The van der Waals surface area contributed by atoms with E-state index in [1.165, 1.54) is 0 Å². The third-order valence-electron chi connectivity index (χ3n) is 6.27. The van der Waals surface area contributed by atoms with Crippen molar-refractivity contribution < 1.29 is 18.0 Å². The molecule has 2 saturated heterocycles. The third-order valence-corrected chi connectivity index (χ3v) is 8.02. The molecular weight excluding hydrogens is 412 g/mol. The standard InChI is InChI=1S/C24H28N2O4S/c27-23(21-8-6-20(7-9-21)19-4-2-1-3-5-19)10-11-24(28)26-15-13-25(14-16-26)22-12-17-31(29,30)18-22/h1-9,22H,10-18H2/t22-/m0/s1. The molecule has 6 nitrogen and oxygen atoms in total. The van der Waals surface area contributed by atoms with Crippen LogP contribution in [0, 0.1) is 0 Å². The quantitative estimate of drug-likeness (QED) is 0.646. The van der Waals surface area contributed by atoms with E-state index >= 15 is 0 Å². The van der Waals surface area contributed by atoms with Crippen LogP contribution in [0.5, 0.6) is 0 Å². The van der Waals surface area contributed by atoms with Crippen molar-refractivity contribution >= 4 is 21.5 Å². The number of hydrogen-bond donors (Lipinski definition) is 0. The monoisotopic (exact) mass is 440 g/mol. The summed E-state index contributed by atoms with van der Waals surface area (Å²) >= 11 is 0. The first-order chi connectivity index (χ1) is 14.9. The zero-order valence-corrected chi connectivity index (χ0v) is 18.4. The van der Waals surface area contributed by atoms with Crippen LogP contribution in [-0.4, -0.2) is 73.6 Å². The second-order valence-electron chi connectivity index (χ2n) is 8.34. The van der Waals surface area contributed by atoms with Crippen molar-refractivity contribution in [2.24, 2.45) is 0 Å². The lowest BCUT2D eigenvalue weighted by molar-refractivity contribution is -0.133. The molecule has 0 aliphatic carbocycles. The SMILES string of the molecule is O=C(CCC(=O)N1CCN([C@H]2CCS(=O)(=O)C2)CC1)c1ccc(-c2ccccc2)cc1. The number of nitrogens with zero attached hydrogens (tertiary/aromatic N) is 2. The van der Waals surface area contributed by atoms with Crippen LogP contribution in [0.1, 0.15) is 29.6 Å². The predicted octanol–water partition coefficient (Wildman–Crippen LogP) is 2.65. The maximum absolute atomic E-state index is 12.6. The molecule has 0 N–H and O–H groups in total. The number of carbonyl (C=O) groups excluding carboxylic acids is 2. The molecule has 7 heteroatoms. The first-order valence-electron chi connectivity index (χ1n) is 10.8. The van der Waals surface area contributed by atoms with Gasteiger partial charge in [-0.05, 0) is 17.5 Å². The van der Waals surface area contributed by atoms with Gasteiger partial charge in [0.1, 0.15) is 0 Å². The molecule has 2 heterocycles. The Kier molecular flexibility index (Phi) is 6.53. The van der Waals surface area contributed by atoms with Gasteiger partial charge in [0.15, 0.2) is 15.6 Å². The van der Waals surface area contributed by atoms with Crippen LogP contribution in [0.3, 0.4) is 0 Å². The number of sulfone groups is 1. The van der Waals surface area contributed by atoms with Crippen molar-refractivity contribution in [3.05, 3.63) is 60.2 Å². The summed E-state index contributed by atoms with van der Waals surface area (Å²) < 4.78 is 23.4. The van der Waals surface area contributed by atoms with E-state index in [1.54, 1.807) is 4.90 Å². The summed E-state index contributed by atoms with van der Waals surface area (Å²) in [7, 11) is -2.90. The fourth-order valence-corrected chi connectivity index (χ4v) is 6.16. The summed E-state index contributed by atoms with van der Waals surface area (Å²) in [5.74, 6) is 0.472. The molecule has 164 valence electrons. The summed E-state index contributed by atoms with van der Waals surface area (Å²) in [6.45, 7) is 2.58. The highest BCUT2D eigenvalue weighted by Gasteiger charge is 2.34. The molecule has 0 spiro atoms. The van der Waals surface area contributed by atoms with Gasteiger partial charge in [0.05, 0.1) is 11.5 Å². The highest BCUT2D eigenvalue weighted by molar-refractivity contribution is 7.91. The van der Waals surface area contributed by atoms with E-state index in [-0.39, 0.29) is 42.1 Å². The Morgan fingerprint density at radius 1 is 0.839 bits per heavy atom. The molecule has 2 aliphatic heterocycles. The summed E-state index contributed by atoms with van der Waals surface area (Å²) in [5, 5.41) is 0. The summed E-state index contributed by atoms with van der Waals surface area (Å²) in [4.78, 5) is 29.1. The summed E-state index contributed by atoms with van der Waals surface area (Å²) in [6, 6.07) is 17.6. The van der Waals surface area contributed by atoms with Crippen molar-refractivity contribution in [3.8, 4) is 11.1 Å². The van der Waals surface area contributed by atoms with Gasteiger partial charge in [0.25, 0.3) is 0 Å². The van der Waals surface area contributed by atoms with Crippen molar-refractivity contribution in [1.82, 2.24) is 9.80 Å². The Balaban J connectivity index is 1.24. The van der Waals surface area contributed by atoms with E-state index in [0.717, 1.165) is 11.1 Å². The largest absolute Gasteiger partial charge is 0.340 e. The number of carbonyl (C=O) groups is 2. The van der Waals surface area contributed by atoms with Gasteiger partial charge in [-0.3, -0.25) is 14.5 Å². The number of hydrogen-bond acceptors (Lipinski definition) is 5. The lowest BCUT2D eigenvalue weighted by Crippen LogP contribution is -2.52. The number of ketones is 1. The Morgan fingerprint density at radius 2 is 1.48 bits per heavy atom. The number of rotatable bonds is 6. The van der Waals surface area contributed by atoms with Crippen molar-refractivity contribution in [2.45, 2.75) is 25.3 Å². The minimum Gasteiger partial charge on any atom is -0.340 e. The van der Waals surface area contributed by atoms with Crippen LogP contribution in [0.25, 0.3) is 11.1 Å². The van der Waals surface area contributed by atoms with Crippen LogP contribution in [-0.2, 0) is 14.6 Å². The van der Waals surface area contributed by atoms with Gasteiger partial charge in [-0.2, -0.15) is 0 Å². The molecule has 31 heavy (non-hydrogen) atoms. The molecule has 0 unspecified atom stereocenters. The molecule has 2 aliphatic rings. The second-order valence-corrected chi connectivity index (χ2v) is 10.6. The number of amides is 1. The van der Waals surface area contributed by atoms with Gasteiger partial charge >= 0.3 is 0 Å². The smallest absolute Gasteiger partial charge is 0.223 e. The average molecular weight is 441 g/mol. The highest BCUT2D eigenvalue weighted by Crippen LogP contribution is 2.21. The van der Waals surface area contributed by atoms with Crippen LogP contribution >= 0.6 is 0 Å². The van der Waals surface area contributed by atoms with Gasteiger partial charge in [0.2, 0.25) is 5.91 Å². The lowest BCUT2D eigenvalue weighted by Gasteiger charge is -2.37. The fourth-order valence-electron chi connectivity index (χ4n) is 4.40. The maximum Gasteiger partial charge on any atom is 0.223 e. The van der Waals surface area contributed by atoms with Crippen LogP contribution < -0.4 is 0 Å². The zero-order chi connectivity index (χ0) is 21.8. The van der Waals surface area contributed by atoms with E-state index in [1.807, 2.05) is 54.6 Å². The number of piperazine rings is 1. The summed E-state index contributed by atoms with van der Waals surface area (Å²) in [5.41, 5.74) is 2.78. The van der Waals surface area contributed by atoms with Gasteiger partial charge in [0, 0.05) is 50.6 Å².